The number of allylic oxidation sites excluding steroid dienone is 4. The molecule has 498 valence electrons. The van der Waals surface area contributed by atoms with Crippen molar-refractivity contribution < 1.29 is 0 Å². The number of rotatable bonds is 13. The standard InChI is InChI=1S/C52H34N4.C46H32N4/c1-2-11-37(12-3-1)50-44-17-4-6-19-46(44)51(47-20-7-5-18-45(47)50)38-25-27-39(28-26-38)52-55-48(36-23-21-35(22-24-36)42-15-9-29-53-33-42)32-49(56-52)41-14-8-13-40(31-41)43-16-10-30-54-34-43;1-2-13-40-36(8-1)27-43(42-15-4-3-14-41(40)42)32-18-22-34(23-19-32)46-49-44(33-20-16-31(17-21-33)38-11-6-24-47-29-38)28-45(50-46)37-10-5-9-35(26-37)39-12-7-25-48-30-39/h1-34H;1-18,20-30,32H,19H2. The van der Waals surface area contributed by atoms with Crippen LogP contribution in [0.5, 0.6) is 0 Å². The van der Waals surface area contributed by atoms with E-state index < -0.39 is 0 Å². The first-order chi connectivity index (χ1) is 52.5. The number of hydrogen-bond acceptors (Lipinski definition) is 8. The van der Waals surface area contributed by atoms with Crippen molar-refractivity contribution in [3.63, 3.8) is 0 Å². The summed E-state index contributed by atoms with van der Waals surface area (Å²) < 4.78 is 0. The van der Waals surface area contributed by atoms with E-state index in [1.807, 2.05) is 49.1 Å². The van der Waals surface area contributed by atoms with Crippen LogP contribution in [0.3, 0.4) is 0 Å². The number of hydrogen-bond donors (Lipinski definition) is 0. The average molecular weight is 1360 g/mol. The second-order valence-electron chi connectivity index (χ2n) is 26.6. The minimum Gasteiger partial charge on any atom is -0.264 e. The molecule has 1 aliphatic carbocycles. The van der Waals surface area contributed by atoms with Gasteiger partial charge in [0.05, 0.1) is 22.8 Å². The van der Waals surface area contributed by atoms with E-state index in [9.17, 15) is 0 Å². The third-order valence-electron chi connectivity index (χ3n) is 20.1. The summed E-state index contributed by atoms with van der Waals surface area (Å²) in [6.07, 6.45) is 22.5. The van der Waals surface area contributed by atoms with Crippen LogP contribution in [0, 0.1) is 0 Å². The second-order valence-corrected chi connectivity index (χ2v) is 26.6. The lowest BCUT2D eigenvalue weighted by Gasteiger charge is -2.20. The topological polar surface area (TPSA) is 103 Å². The van der Waals surface area contributed by atoms with E-state index in [4.69, 9.17) is 19.9 Å². The molecular formula is C98H66N8. The molecule has 0 radical (unpaired) electrons. The predicted octanol–water partition coefficient (Wildman–Crippen LogP) is 24.6. The third kappa shape index (κ3) is 13.0. The Labute approximate surface area is 614 Å². The van der Waals surface area contributed by atoms with Gasteiger partial charge in [-0.25, -0.2) is 19.9 Å². The summed E-state index contributed by atoms with van der Waals surface area (Å²) in [5, 5.41) is 10.1. The smallest absolute Gasteiger partial charge is 0.160 e. The number of benzene rings is 12. The van der Waals surface area contributed by atoms with Crippen molar-refractivity contribution in [2.45, 2.75) is 12.3 Å². The van der Waals surface area contributed by atoms with Gasteiger partial charge >= 0.3 is 0 Å². The number of nitrogens with zero attached hydrogens (tertiary/aromatic N) is 8. The molecule has 19 rings (SSSR count). The Bertz CT molecular complexity index is 6250. The van der Waals surface area contributed by atoms with Gasteiger partial charge in [0.2, 0.25) is 0 Å². The zero-order valence-corrected chi connectivity index (χ0v) is 57.7. The van der Waals surface area contributed by atoms with Gasteiger partial charge in [-0.3, -0.25) is 19.9 Å². The SMILES string of the molecule is C1=CC(c2cc3ccccc3c3ccccc23)CC=C1c1nc(-c2ccc(-c3cccnc3)cc2)cc(-c2cccc(-c3cccnc3)c2)n1.c1ccc(-c2c3ccccc3c(-c3ccc(-c4nc(-c5ccc(-c6cccnc6)cc5)cc(-c5cccc(-c6cccnc6)c5)n4)cc3)c3ccccc23)cc1. The molecule has 0 spiro atoms. The van der Waals surface area contributed by atoms with Gasteiger partial charge in [0.1, 0.15) is 0 Å². The quantitative estimate of drug-likeness (QED) is 0.0831. The van der Waals surface area contributed by atoms with Crippen molar-refractivity contribution in [3.8, 4) is 123 Å². The van der Waals surface area contributed by atoms with E-state index in [-0.39, 0.29) is 5.92 Å². The summed E-state index contributed by atoms with van der Waals surface area (Å²) in [6, 6.07) is 111. The lowest BCUT2D eigenvalue weighted by atomic mass is 9.85. The summed E-state index contributed by atoms with van der Waals surface area (Å²) in [5.74, 6) is 1.65. The molecule has 0 aliphatic heterocycles. The van der Waals surface area contributed by atoms with Crippen LogP contribution in [0.15, 0.2) is 383 Å². The lowest BCUT2D eigenvalue weighted by Crippen LogP contribution is -2.03. The Kier molecular flexibility index (Phi) is 17.4. The molecule has 0 bridgehead atoms. The van der Waals surface area contributed by atoms with Gasteiger partial charge in [-0.2, -0.15) is 0 Å². The first-order valence-electron chi connectivity index (χ1n) is 35.7. The maximum absolute atomic E-state index is 5.21. The van der Waals surface area contributed by atoms with E-state index in [1.165, 1.54) is 65.3 Å². The first-order valence-corrected chi connectivity index (χ1v) is 35.7. The molecule has 0 saturated carbocycles. The van der Waals surface area contributed by atoms with Crippen LogP contribution in [0.4, 0.5) is 0 Å². The van der Waals surface area contributed by atoms with Crippen molar-refractivity contribution in [1.29, 1.82) is 0 Å². The summed E-state index contributed by atoms with van der Waals surface area (Å²) in [4.78, 5) is 38.1. The molecule has 18 aromatic rings. The zero-order valence-electron chi connectivity index (χ0n) is 57.7. The fourth-order valence-electron chi connectivity index (χ4n) is 14.8. The predicted molar refractivity (Wildman–Crippen MR) is 436 cm³/mol. The molecule has 1 unspecified atom stereocenters. The number of fused-ring (bicyclic) bond motifs is 5. The normalized spacial score (nSPS) is 12.6. The number of pyridine rings is 4. The zero-order chi connectivity index (χ0) is 70.5. The van der Waals surface area contributed by atoms with Gasteiger partial charge in [0.25, 0.3) is 0 Å². The molecule has 6 heterocycles. The Hall–Kier alpha value is -14.1. The van der Waals surface area contributed by atoms with Crippen LogP contribution < -0.4 is 0 Å². The van der Waals surface area contributed by atoms with E-state index >= 15 is 0 Å². The van der Waals surface area contributed by atoms with Gasteiger partial charge in [0, 0.05) is 100 Å². The van der Waals surface area contributed by atoms with Crippen LogP contribution in [0.2, 0.25) is 0 Å². The van der Waals surface area contributed by atoms with Crippen LogP contribution in [-0.2, 0) is 0 Å². The summed E-state index contributed by atoms with van der Waals surface area (Å²) in [7, 11) is 0. The molecule has 0 saturated heterocycles. The molecule has 0 amide bonds. The van der Waals surface area contributed by atoms with Gasteiger partial charge in [-0.1, -0.05) is 279 Å². The minimum atomic E-state index is 0.257. The van der Waals surface area contributed by atoms with Crippen molar-refractivity contribution in [3.05, 3.63) is 395 Å². The van der Waals surface area contributed by atoms with Crippen LogP contribution in [0.25, 0.3) is 172 Å². The summed E-state index contributed by atoms with van der Waals surface area (Å²) in [6.45, 7) is 0. The monoisotopic (exact) mass is 1350 g/mol. The van der Waals surface area contributed by atoms with Crippen molar-refractivity contribution >= 4 is 48.7 Å². The maximum atomic E-state index is 5.21. The van der Waals surface area contributed by atoms with E-state index in [0.717, 1.165) is 118 Å². The van der Waals surface area contributed by atoms with Crippen molar-refractivity contribution in [1.82, 2.24) is 39.9 Å². The molecule has 1 aliphatic rings. The van der Waals surface area contributed by atoms with Crippen LogP contribution in [0.1, 0.15) is 23.7 Å². The lowest BCUT2D eigenvalue weighted by molar-refractivity contribution is 0.864. The first kappa shape index (κ1) is 64.0. The third-order valence-corrected chi connectivity index (χ3v) is 20.1. The molecular weight excluding hydrogens is 1290 g/mol. The van der Waals surface area contributed by atoms with Gasteiger partial charge in [-0.15, -0.1) is 0 Å². The molecule has 8 heteroatoms. The van der Waals surface area contributed by atoms with E-state index in [0.29, 0.717) is 5.82 Å². The van der Waals surface area contributed by atoms with Gasteiger partial charge in [0.15, 0.2) is 11.6 Å². The van der Waals surface area contributed by atoms with Crippen LogP contribution in [-0.4, -0.2) is 39.9 Å². The van der Waals surface area contributed by atoms with Crippen LogP contribution >= 0.6 is 0 Å². The number of aromatic nitrogens is 8. The van der Waals surface area contributed by atoms with Crippen molar-refractivity contribution in [2.24, 2.45) is 0 Å². The Balaban J connectivity index is 0.000000151. The molecule has 0 N–H and O–H groups in total. The molecule has 12 aromatic carbocycles. The Morgan fingerprint density at radius 3 is 1.06 bits per heavy atom. The highest BCUT2D eigenvalue weighted by molar-refractivity contribution is 6.21. The summed E-state index contributed by atoms with van der Waals surface area (Å²) in [5.41, 5.74) is 24.4. The largest absolute Gasteiger partial charge is 0.264 e. The second kappa shape index (κ2) is 28.7. The minimum absolute atomic E-state index is 0.257. The van der Waals surface area contributed by atoms with E-state index in [1.54, 1.807) is 24.8 Å². The highest BCUT2D eigenvalue weighted by atomic mass is 14.9. The highest BCUT2D eigenvalue weighted by Gasteiger charge is 2.22. The molecule has 8 nitrogen and oxygen atoms in total. The molecule has 0 fully saturated rings. The fourth-order valence-corrected chi connectivity index (χ4v) is 14.8. The molecule has 1 atom stereocenters. The fraction of sp³-hybridized carbons (Fsp3) is 0.0204. The van der Waals surface area contributed by atoms with Crippen molar-refractivity contribution in [2.75, 3.05) is 0 Å². The molecule has 6 aromatic heterocycles. The van der Waals surface area contributed by atoms with E-state index in [2.05, 4.69) is 329 Å². The van der Waals surface area contributed by atoms with Gasteiger partial charge in [-0.05, 0) is 165 Å². The summed E-state index contributed by atoms with van der Waals surface area (Å²) >= 11 is 0. The van der Waals surface area contributed by atoms with Gasteiger partial charge < -0.3 is 0 Å². The Morgan fingerprint density at radius 1 is 0.236 bits per heavy atom. The Morgan fingerprint density at radius 2 is 0.594 bits per heavy atom. The molecule has 106 heavy (non-hydrogen) atoms. The highest BCUT2D eigenvalue weighted by Crippen LogP contribution is 2.45. The maximum Gasteiger partial charge on any atom is 0.160 e. The average Bonchev–Trinajstić information content (AvgIpc) is 0.735.